The monoisotopic (exact) mass is 514 g/mol. The van der Waals surface area contributed by atoms with Gasteiger partial charge < -0.3 is 23.7 Å². The number of ether oxygens (including phenoxy) is 5. The van der Waals surface area contributed by atoms with Gasteiger partial charge in [-0.15, -0.1) is 0 Å². The van der Waals surface area contributed by atoms with Gasteiger partial charge in [0.2, 0.25) is 0 Å². The van der Waals surface area contributed by atoms with Crippen molar-refractivity contribution in [3.63, 3.8) is 0 Å². The second-order valence-corrected chi connectivity index (χ2v) is 10.2. The second kappa shape index (κ2) is 15.1. The van der Waals surface area contributed by atoms with Crippen molar-refractivity contribution < 1.29 is 33.3 Å². The van der Waals surface area contributed by atoms with E-state index >= 15 is 0 Å². The molecule has 0 bridgehead atoms. The Labute approximate surface area is 221 Å². The molecule has 0 heterocycles. The van der Waals surface area contributed by atoms with Crippen LogP contribution in [0.15, 0.2) is 36.4 Å². The number of rotatable bonds is 16. The first-order chi connectivity index (χ1) is 17.6. The van der Waals surface area contributed by atoms with Gasteiger partial charge in [0.1, 0.15) is 11.5 Å². The molecular formula is C30H42O7. The van der Waals surface area contributed by atoms with Crippen molar-refractivity contribution in [2.45, 2.75) is 54.9 Å². The van der Waals surface area contributed by atoms with Gasteiger partial charge in [0.15, 0.2) is 23.9 Å². The van der Waals surface area contributed by atoms with Crippen LogP contribution in [0.4, 0.5) is 0 Å². The van der Waals surface area contributed by atoms with Gasteiger partial charge in [-0.05, 0) is 61.4 Å². The second-order valence-electron chi connectivity index (χ2n) is 10.2. The zero-order chi connectivity index (χ0) is 27.4. The van der Waals surface area contributed by atoms with Crippen LogP contribution in [0.2, 0.25) is 0 Å². The lowest BCUT2D eigenvalue weighted by molar-refractivity contribution is -0.145. The molecule has 0 unspecified atom stereocenters. The van der Waals surface area contributed by atoms with E-state index in [9.17, 15) is 9.59 Å². The molecule has 7 nitrogen and oxygen atoms in total. The van der Waals surface area contributed by atoms with E-state index in [1.54, 1.807) is 43.3 Å². The van der Waals surface area contributed by atoms with Crippen molar-refractivity contribution in [1.82, 2.24) is 0 Å². The maximum Gasteiger partial charge on any atom is 0.344 e. The molecule has 0 spiro atoms. The number of hydrogen-bond acceptors (Lipinski definition) is 7. The molecule has 7 heteroatoms. The molecule has 2 aromatic rings. The number of esters is 1. The van der Waals surface area contributed by atoms with Gasteiger partial charge in [-0.1, -0.05) is 41.5 Å². The van der Waals surface area contributed by atoms with Crippen molar-refractivity contribution in [2.75, 3.05) is 33.0 Å². The number of hydrogen-bond donors (Lipinski definition) is 0. The van der Waals surface area contributed by atoms with Crippen molar-refractivity contribution >= 4 is 11.8 Å². The third kappa shape index (κ3) is 10.3. The summed E-state index contributed by atoms with van der Waals surface area (Å²) in [5.41, 5.74) is 0.808. The lowest BCUT2D eigenvalue weighted by Gasteiger charge is -2.17. The molecule has 0 amide bonds. The van der Waals surface area contributed by atoms with Crippen LogP contribution in [-0.4, -0.2) is 44.8 Å². The highest BCUT2D eigenvalue weighted by Crippen LogP contribution is 2.33. The molecule has 204 valence electrons. The first-order valence-corrected chi connectivity index (χ1v) is 13.1. The Balaban J connectivity index is 2.36. The van der Waals surface area contributed by atoms with Crippen molar-refractivity contribution in [2.24, 2.45) is 17.8 Å². The SMILES string of the molecule is CCOC(=O)COc1cc(C(=O)c2ccc(OCC(C)C)cc2OCC(C)C)ccc1OCCC(C)C. The van der Waals surface area contributed by atoms with E-state index in [-0.39, 0.29) is 24.9 Å². The lowest BCUT2D eigenvalue weighted by atomic mass is 10.0. The normalized spacial score (nSPS) is 11.1. The molecule has 0 N–H and O–H groups in total. The molecule has 37 heavy (non-hydrogen) atoms. The van der Waals surface area contributed by atoms with E-state index in [0.29, 0.717) is 65.8 Å². The van der Waals surface area contributed by atoms with E-state index in [2.05, 4.69) is 27.7 Å². The predicted octanol–water partition coefficient (Wildman–Crippen LogP) is 6.35. The third-order valence-electron chi connectivity index (χ3n) is 5.16. The predicted molar refractivity (Wildman–Crippen MR) is 144 cm³/mol. The first kappa shape index (κ1) is 30.0. The number of carbonyl (C=O) groups is 2. The molecule has 0 saturated carbocycles. The Morgan fingerprint density at radius 3 is 2.08 bits per heavy atom. The average molecular weight is 515 g/mol. The lowest BCUT2D eigenvalue weighted by Crippen LogP contribution is -2.15. The van der Waals surface area contributed by atoms with Crippen molar-refractivity contribution in [1.29, 1.82) is 0 Å². The number of benzene rings is 2. The molecule has 0 aromatic heterocycles. The molecule has 0 aliphatic heterocycles. The molecule has 0 aliphatic rings. The van der Waals surface area contributed by atoms with Crippen molar-refractivity contribution in [3.8, 4) is 23.0 Å². The standard InChI is InChI=1S/C30H42O7/c1-8-33-29(31)19-37-28-15-23(9-12-26(28)34-14-13-20(2)3)30(32)25-11-10-24(35-17-21(4)5)16-27(25)36-18-22(6)7/h9-12,15-16,20-22H,8,13-14,17-19H2,1-7H3. The Kier molecular flexibility index (Phi) is 12.3. The minimum atomic E-state index is -0.492. The Morgan fingerprint density at radius 1 is 0.730 bits per heavy atom. The Hall–Kier alpha value is -3.22. The summed E-state index contributed by atoms with van der Waals surface area (Å²) in [6.07, 6.45) is 0.861. The van der Waals surface area contributed by atoms with Crippen LogP contribution in [0, 0.1) is 17.8 Å². The summed E-state index contributed by atoms with van der Waals surface area (Å²) < 4.78 is 28.4. The minimum absolute atomic E-state index is 0.233. The molecule has 0 aliphatic carbocycles. The van der Waals surface area contributed by atoms with E-state index in [0.717, 1.165) is 6.42 Å². The summed E-state index contributed by atoms with van der Waals surface area (Å²) in [6, 6.07) is 10.3. The van der Waals surface area contributed by atoms with E-state index in [1.807, 2.05) is 13.8 Å². The molecule has 0 saturated heterocycles. The largest absolute Gasteiger partial charge is 0.493 e. The molecule has 2 aromatic carbocycles. The number of ketones is 1. The van der Waals surface area contributed by atoms with Crippen LogP contribution in [0.5, 0.6) is 23.0 Å². The zero-order valence-electron chi connectivity index (χ0n) is 23.3. The third-order valence-corrected chi connectivity index (χ3v) is 5.16. The van der Waals surface area contributed by atoms with E-state index in [1.165, 1.54) is 0 Å². The van der Waals surface area contributed by atoms with E-state index in [4.69, 9.17) is 23.7 Å². The van der Waals surface area contributed by atoms with Gasteiger partial charge in [-0.3, -0.25) is 4.79 Å². The first-order valence-electron chi connectivity index (χ1n) is 13.1. The van der Waals surface area contributed by atoms with Crippen LogP contribution in [-0.2, 0) is 9.53 Å². The van der Waals surface area contributed by atoms with Crippen LogP contribution in [0.1, 0.15) is 70.8 Å². The fourth-order valence-corrected chi connectivity index (χ4v) is 3.20. The van der Waals surface area contributed by atoms with Crippen LogP contribution in [0.25, 0.3) is 0 Å². The summed E-state index contributed by atoms with van der Waals surface area (Å²) in [7, 11) is 0. The number of carbonyl (C=O) groups excluding carboxylic acids is 2. The fourth-order valence-electron chi connectivity index (χ4n) is 3.20. The van der Waals surface area contributed by atoms with Gasteiger partial charge in [0.05, 0.1) is 32.0 Å². The van der Waals surface area contributed by atoms with Crippen LogP contribution < -0.4 is 18.9 Å². The summed E-state index contributed by atoms with van der Waals surface area (Å²) >= 11 is 0. The van der Waals surface area contributed by atoms with Gasteiger partial charge in [0.25, 0.3) is 0 Å². The average Bonchev–Trinajstić information content (AvgIpc) is 2.85. The van der Waals surface area contributed by atoms with Gasteiger partial charge >= 0.3 is 5.97 Å². The zero-order valence-corrected chi connectivity index (χ0v) is 23.3. The van der Waals surface area contributed by atoms with Gasteiger partial charge in [-0.2, -0.15) is 0 Å². The summed E-state index contributed by atoms with van der Waals surface area (Å²) in [4.78, 5) is 25.5. The molecular weight excluding hydrogens is 472 g/mol. The molecule has 0 atom stereocenters. The van der Waals surface area contributed by atoms with Crippen molar-refractivity contribution in [3.05, 3.63) is 47.5 Å². The summed E-state index contributed by atoms with van der Waals surface area (Å²) in [5, 5.41) is 0. The maximum absolute atomic E-state index is 13.6. The highest BCUT2D eigenvalue weighted by atomic mass is 16.6. The Morgan fingerprint density at radius 2 is 1.43 bits per heavy atom. The quantitative estimate of drug-likeness (QED) is 0.191. The highest BCUT2D eigenvalue weighted by molar-refractivity contribution is 6.11. The van der Waals surface area contributed by atoms with Crippen LogP contribution >= 0.6 is 0 Å². The minimum Gasteiger partial charge on any atom is -0.493 e. The van der Waals surface area contributed by atoms with Gasteiger partial charge in [-0.25, -0.2) is 4.79 Å². The fraction of sp³-hybridized carbons (Fsp3) is 0.533. The van der Waals surface area contributed by atoms with Gasteiger partial charge in [0, 0.05) is 11.6 Å². The smallest absolute Gasteiger partial charge is 0.344 e. The molecule has 2 rings (SSSR count). The Bertz CT molecular complexity index is 1010. The van der Waals surface area contributed by atoms with E-state index < -0.39 is 5.97 Å². The van der Waals surface area contributed by atoms with Crippen LogP contribution in [0.3, 0.4) is 0 Å². The highest BCUT2D eigenvalue weighted by Gasteiger charge is 2.20. The summed E-state index contributed by atoms with van der Waals surface area (Å²) in [5.74, 6) is 2.30. The molecule has 0 fully saturated rings. The topological polar surface area (TPSA) is 80.3 Å². The molecule has 0 radical (unpaired) electrons. The summed E-state index contributed by atoms with van der Waals surface area (Å²) in [6.45, 7) is 15.7. The maximum atomic E-state index is 13.6.